The number of thioether (sulfide) groups is 1. The Hall–Kier alpha value is -3.54. The largest absolute Gasteiger partial charge is 0.507 e. The molecule has 0 radical (unpaired) electrons. The molecule has 226 valence electrons. The second-order valence-electron chi connectivity index (χ2n) is 9.29. The predicted octanol–water partition coefficient (Wildman–Crippen LogP) is 8.38. The smallest absolute Gasteiger partial charge is 0.301 e. The number of nitrogens with zero attached hydrogens (tertiary/aromatic N) is 3. The van der Waals surface area contributed by atoms with Gasteiger partial charge in [-0.2, -0.15) is 0 Å². The molecule has 1 unspecified atom stereocenters. The molecule has 0 bridgehead atoms. The average molecular weight is 689 g/mol. The van der Waals surface area contributed by atoms with Crippen LogP contribution in [0.5, 0.6) is 11.5 Å². The average Bonchev–Trinajstić information content (AvgIpc) is 3.58. The predicted molar refractivity (Wildman–Crippen MR) is 175 cm³/mol. The number of ether oxygens (including phenoxy) is 2. The summed E-state index contributed by atoms with van der Waals surface area (Å²) in [4.78, 5) is 28.4. The van der Waals surface area contributed by atoms with Gasteiger partial charge < -0.3 is 14.6 Å². The highest BCUT2D eigenvalue weighted by molar-refractivity contribution is 8.00. The summed E-state index contributed by atoms with van der Waals surface area (Å²) in [5.41, 5.74) is 1.55. The zero-order chi connectivity index (χ0) is 31.4. The maximum Gasteiger partial charge on any atom is 0.301 e. The molecule has 1 aromatic heterocycles. The van der Waals surface area contributed by atoms with Crippen LogP contribution in [0.25, 0.3) is 5.76 Å². The van der Waals surface area contributed by atoms with Crippen LogP contribution in [0.3, 0.4) is 0 Å². The molecule has 1 fully saturated rings. The van der Waals surface area contributed by atoms with Crippen LogP contribution in [0.1, 0.15) is 29.7 Å². The zero-order valence-electron chi connectivity index (χ0n) is 23.1. The second kappa shape index (κ2) is 14.0. The summed E-state index contributed by atoms with van der Waals surface area (Å²) in [5, 5.41) is 21.6. The number of carbonyl (C=O) groups excluding carboxylic acids is 2. The van der Waals surface area contributed by atoms with Gasteiger partial charge >= 0.3 is 5.91 Å². The lowest BCUT2D eigenvalue weighted by molar-refractivity contribution is -0.132. The molecule has 1 amide bonds. The monoisotopic (exact) mass is 687 g/mol. The molecule has 13 heteroatoms. The molecule has 8 nitrogen and oxygen atoms in total. The molecule has 3 aromatic carbocycles. The summed E-state index contributed by atoms with van der Waals surface area (Å²) in [5.74, 6) is -0.742. The van der Waals surface area contributed by atoms with Gasteiger partial charge in [-0.25, -0.2) is 0 Å². The zero-order valence-corrected chi connectivity index (χ0v) is 27.0. The van der Waals surface area contributed by atoms with Crippen LogP contribution in [-0.4, -0.2) is 40.2 Å². The van der Waals surface area contributed by atoms with Crippen molar-refractivity contribution < 1.29 is 24.2 Å². The molecule has 5 rings (SSSR count). The van der Waals surface area contributed by atoms with Gasteiger partial charge in [-0.3, -0.25) is 14.5 Å². The van der Waals surface area contributed by atoms with Crippen molar-refractivity contribution in [1.82, 2.24) is 10.2 Å². The molecular formula is C31H24Cl3N3O5S2. The first-order valence-electron chi connectivity index (χ1n) is 13.2. The fourth-order valence-corrected chi connectivity index (χ4v) is 7.03. The molecule has 1 aliphatic heterocycles. The van der Waals surface area contributed by atoms with Gasteiger partial charge in [0.15, 0.2) is 15.8 Å². The van der Waals surface area contributed by atoms with E-state index in [0.29, 0.717) is 54.4 Å². The highest BCUT2D eigenvalue weighted by atomic mass is 35.5. The standard InChI is InChI=1S/C31H24Cl3N3O5S2/c1-3-13-42-23-12-8-18(14-24(23)41-4-2)26-25(27(38)17-5-9-20(32)10-6-17)28(39)29(40)37(26)30-35-36-31(44-30)43-16-19-7-11-21(33)15-22(19)34/h3,5-12,14-15,26,38H,1,4,13,16H2,2H3. The van der Waals surface area contributed by atoms with Crippen LogP contribution in [0.15, 0.2) is 83.2 Å². The first kappa shape index (κ1) is 31.9. The number of carbonyl (C=O) groups is 2. The van der Waals surface area contributed by atoms with E-state index in [1.165, 1.54) is 16.7 Å². The fourth-order valence-electron chi connectivity index (χ4n) is 4.48. The van der Waals surface area contributed by atoms with Gasteiger partial charge in [0, 0.05) is 26.4 Å². The van der Waals surface area contributed by atoms with E-state index in [1.54, 1.807) is 60.7 Å². The van der Waals surface area contributed by atoms with Crippen molar-refractivity contribution in [3.8, 4) is 11.5 Å². The summed E-state index contributed by atoms with van der Waals surface area (Å²) in [6.07, 6.45) is 1.61. The van der Waals surface area contributed by atoms with Crippen molar-refractivity contribution in [1.29, 1.82) is 0 Å². The summed E-state index contributed by atoms with van der Waals surface area (Å²) in [6.45, 7) is 6.10. The van der Waals surface area contributed by atoms with E-state index in [4.69, 9.17) is 44.3 Å². The summed E-state index contributed by atoms with van der Waals surface area (Å²) < 4.78 is 12.1. The Morgan fingerprint density at radius 1 is 1.02 bits per heavy atom. The Labute approximate surface area is 276 Å². The maximum absolute atomic E-state index is 13.6. The number of anilines is 1. The Morgan fingerprint density at radius 3 is 2.48 bits per heavy atom. The summed E-state index contributed by atoms with van der Waals surface area (Å²) in [6, 6.07) is 15.6. The van der Waals surface area contributed by atoms with Crippen molar-refractivity contribution in [2.45, 2.75) is 23.1 Å². The van der Waals surface area contributed by atoms with Gasteiger partial charge in [0.1, 0.15) is 12.4 Å². The number of amides is 1. The first-order valence-corrected chi connectivity index (χ1v) is 16.1. The molecule has 0 aliphatic carbocycles. The van der Waals surface area contributed by atoms with Crippen LogP contribution in [0.2, 0.25) is 15.1 Å². The SMILES string of the molecule is C=CCOc1ccc(C2C(=C(O)c3ccc(Cl)cc3)C(=O)C(=O)N2c2nnc(SCc3ccc(Cl)cc3Cl)s2)cc1OCC. The van der Waals surface area contributed by atoms with E-state index in [9.17, 15) is 14.7 Å². The molecule has 4 aromatic rings. The van der Waals surface area contributed by atoms with E-state index in [0.717, 1.165) is 16.9 Å². The molecule has 0 spiro atoms. The van der Waals surface area contributed by atoms with Crippen LogP contribution < -0.4 is 14.4 Å². The quantitative estimate of drug-likeness (QED) is 0.0419. The molecule has 1 saturated heterocycles. The number of hydrogen-bond donors (Lipinski definition) is 1. The van der Waals surface area contributed by atoms with E-state index >= 15 is 0 Å². The van der Waals surface area contributed by atoms with Gasteiger partial charge in [-0.15, -0.1) is 10.2 Å². The van der Waals surface area contributed by atoms with Crippen LogP contribution in [0.4, 0.5) is 5.13 Å². The Morgan fingerprint density at radius 2 is 1.77 bits per heavy atom. The lowest BCUT2D eigenvalue weighted by Crippen LogP contribution is -2.29. The lowest BCUT2D eigenvalue weighted by atomic mass is 9.95. The number of rotatable bonds is 11. The van der Waals surface area contributed by atoms with Crippen molar-refractivity contribution >= 4 is 80.5 Å². The Bertz CT molecular complexity index is 1760. The minimum absolute atomic E-state index is 0.114. The number of halogens is 3. The highest BCUT2D eigenvalue weighted by Gasteiger charge is 2.48. The minimum atomic E-state index is -1.05. The molecule has 1 N–H and O–H groups in total. The molecule has 2 heterocycles. The summed E-state index contributed by atoms with van der Waals surface area (Å²) >= 11 is 20.9. The summed E-state index contributed by atoms with van der Waals surface area (Å²) in [7, 11) is 0. The Kier molecular flexibility index (Phi) is 10.2. The normalized spacial score (nSPS) is 15.9. The number of Topliss-reactive ketones (excluding diaryl/α,β-unsaturated/α-hetero) is 1. The molecule has 0 saturated carbocycles. The maximum atomic E-state index is 13.6. The minimum Gasteiger partial charge on any atom is -0.507 e. The highest BCUT2D eigenvalue weighted by Crippen LogP contribution is 2.46. The Balaban J connectivity index is 1.57. The molecule has 1 aliphatic rings. The second-order valence-corrected chi connectivity index (χ2v) is 12.7. The van der Waals surface area contributed by atoms with Gasteiger partial charge in [0.25, 0.3) is 5.78 Å². The topological polar surface area (TPSA) is 102 Å². The van der Waals surface area contributed by atoms with Crippen LogP contribution in [-0.2, 0) is 15.3 Å². The van der Waals surface area contributed by atoms with E-state index in [-0.39, 0.29) is 23.1 Å². The van der Waals surface area contributed by atoms with Gasteiger partial charge in [-0.1, -0.05) is 82.7 Å². The lowest BCUT2D eigenvalue weighted by Gasteiger charge is -2.23. The van der Waals surface area contributed by atoms with Crippen molar-refractivity contribution in [3.05, 3.63) is 111 Å². The number of aliphatic hydroxyl groups is 1. The van der Waals surface area contributed by atoms with Gasteiger partial charge in [0.05, 0.1) is 18.2 Å². The molecular weight excluding hydrogens is 665 g/mol. The number of aliphatic hydroxyl groups excluding tert-OH is 1. The first-order chi connectivity index (χ1) is 21.2. The van der Waals surface area contributed by atoms with Gasteiger partial charge in [0.2, 0.25) is 5.13 Å². The van der Waals surface area contributed by atoms with E-state index in [1.807, 2.05) is 13.0 Å². The van der Waals surface area contributed by atoms with Gasteiger partial charge in [-0.05, 0) is 66.6 Å². The van der Waals surface area contributed by atoms with Crippen molar-refractivity contribution in [2.24, 2.45) is 0 Å². The van der Waals surface area contributed by atoms with E-state index < -0.39 is 17.7 Å². The third-order valence-electron chi connectivity index (χ3n) is 6.47. The third-order valence-corrected chi connectivity index (χ3v) is 9.41. The van der Waals surface area contributed by atoms with Crippen LogP contribution >= 0.6 is 57.9 Å². The third kappa shape index (κ3) is 6.74. The number of ketones is 1. The van der Waals surface area contributed by atoms with Crippen LogP contribution in [0, 0.1) is 0 Å². The molecule has 44 heavy (non-hydrogen) atoms. The number of hydrogen-bond acceptors (Lipinski definition) is 9. The number of aromatic nitrogens is 2. The van der Waals surface area contributed by atoms with Crippen molar-refractivity contribution in [3.63, 3.8) is 0 Å². The molecule has 1 atom stereocenters. The number of benzene rings is 3. The van der Waals surface area contributed by atoms with E-state index in [2.05, 4.69) is 16.8 Å². The fraction of sp³-hybridized carbons (Fsp3) is 0.161. The van der Waals surface area contributed by atoms with Crippen molar-refractivity contribution in [2.75, 3.05) is 18.1 Å².